The van der Waals surface area contributed by atoms with Crippen molar-refractivity contribution in [2.45, 2.75) is 32.9 Å². The molecule has 5 nitrogen and oxygen atoms in total. The molecule has 0 fully saturated rings. The maximum Gasteiger partial charge on any atom is 0.223 e. The molecule has 0 saturated carbocycles. The Balaban J connectivity index is 2.45. The lowest BCUT2D eigenvalue weighted by molar-refractivity contribution is 0.0416. The molecule has 0 unspecified atom stereocenters. The fourth-order valence-electron chi connectivity index (χ4n) is 1.36. The monoisotopic (exact) mass is 199 g/mol. The number of hydrogen-bond donors (Lipinski definition) is 1. The van der Waals surface area contributed by atoms with Gasteiger partial charge < -0.3 is 9.63 Å². The van der Waals surface area contributed by atoms with Crippen LogP contribution in [-0.2, 0) is 6.54 Å². The zero-order valence-corrected chi connectivity index (χ0v) is 9.11. The van der Waals surface area contributed by atoms with Crippen molar-refractivity contribution >= 4 is 0 Å². The Morgan fingerprint density at radius 1 is 1.50 bits per heavy atom. The maximum atomic E-state index is 9.57. The minimum atomic E-state index is -0.701. The first-order valence-corrected chi connectivity index (χ1v) is 4.57. The molecule has 1 N–H and O–H groups in total. The van der Waals surface area contributed by atoms with Gasteiger partial charge in [-0.25, -0.2) is 0 Å². The summed E-state index contributed by atoms with van der Waals surface area (Å²) in [7, 11) is 1.91. The quantitative estimate of drug-likeness (QED) is 0.768. The van der Waals surface area contributed by atoms with Crippen molar-refractivity contribution in [3.05, 3.63) is 11.7 Å². The minimum absolute atomic E-state index is 0.566. The van der Waals surface area contributed by atoms with Gasteiger partial charge in [0.15, 0.2) is 5.82 Å². The van der Waals surface area contributed by atoms with Crippen molar-refractivity contribution in [2.24, 2.45) is 0 Å². The molecule has 14 heavy (non-hydrogen) atoms. The van der Waals surface area contributed by atoms with E-state index in [1.54, 1.807) is 20.8 Å². The lowest BCUT2D eigenvalue weighted by Crippen LogP contribution is -2.36. The summed E-state index contributed by atoms with van der Waals surface area (Å²) >= 11 is 0. The van der Waals surface area contributed by atoms with Crippen molar-refractivity contribution in [2.75, 3.05) is 13.6 Å². The molecule has 0 aliphatic heterocycles. The van der Waals surface area contributed by atoms with Crippen LogP contribution in [0.15, 0.2) is 4.52 Å². The first-order valence-electron chi connectivity index (χ1n) is 4.57. The molecule has 0 aliphatic rings. The van der Waals surface area contributed by atoms with Crippen molar-refractivity contribution in [3.8, 4) is 0 Å². The van der Waals surface area contributed by atoms with Gasteiger partial charge in [0.05, 0.1) is 12.1 Å². The molecule has 1 rings (SSSR count). The summed E-state index contributed by atoms with van der Waals surface area (Å²) in [4.78, 5) is 6.03. The number of aromatic nitrogens is 2. The van der Waals surface area contributed by atoms with Gasteiger partial charge in [-0.15, -0.1) is 0 Å². The second-order valence-corrected chi connectivity index (χ2v) is 4.21. The van der Waals surface area contributed by atoms with E-state index in [1.165, 1.54) is 0 Å². The number of rotatable bonds is 4. The van der Waals surface area contributed by atoms with E-state index in [0.717, 1.165) is 0 Å². The van der Waals surface area contributed by atoms with Gasteiger partial charge in [-0.3, -0.25) is 4.90 Å². The van der Waals surface area contributed by atoms with Crippen LogP contribution in [0.4, 0.5) is 0 Å². The van der Waals surface area contributed by atoms with Gasteiger partial charge in [0.1, 0.15) is 0 Å². The molecular weight excluding hydrogens is 182 g/mol. The maximum absolute atomic E-state index is 9.57. The largest absolute Gasteiger partial charge is 0.389 e. The third-order valence-corrected chi connectivity index (χ3v) is 1.64. The summed E-state index contributed by atoms with van der Waals surface area (Å²) in [5, 5.41) is 13.3. The van der Waals surface area contributed by atoms with Crippen LogP contribution in [0, 0.1) is 6.92 Å². The van der Waals surface area contributed by atoms with E-state index < -0.39 is 5.60 Å². The van der Waals surface area contributed by atoms with Crippen LogP contribution in [0.2, 0.25) is 0 Å². The highest BCUT2D eigenvalue weighted by molar-refractivity contribution is 4.84. The van der Waals surface area contributed by atoms with Crippen LogP contribution in [0.25, 0.3) is 0 Å². The number of aryl methyl sites for hydroxylation is 1. The summed E-state index contributed by atoms with van der Waals surface area (Å²) in [5.74, 6) is 1.21. The standard InChI is InChI=1S/C9H17N3O2/c1-7-10-8(11-14-7)5-12(4)6-9(2,3)13/h13H,5-6H2,1-4H3. The highest BCUT2D eigenvalue weighted by Crippen LogP contribution is 2.06. The SMILES string of the molecule is Cc1nc(CN(C)CC(C)(C)O)no1. The van der Waals surface area contributed by atoms with E-state index in [1.807, 2.05) is 11.9 Å². The van der Waals surface area contributed by atoms with Crippen molar-refractivity contribution in [1.82, 2.24) is 15.0 Å². The molecule has 0 radical (unpaired) electrons. The topological polar surface area (TPSA) is 62.4 Å². The Morgan fingerprint density at radius 2 is 2.14 bits per heavy atom. The number of hydrogen-bond acceptors (Lipinski definition) is 5. The Labute approximate surface area is 83.7 Å². The Hall–Kier alpha value is -0.940. The lowest BCUT2D eigenvalue weighted by atomic mass is 10.1. The van der Waals surface area contributed by atoms with Gasteiger partial charge in [0, 0.05) is 13.5 Å². The average molecular weight is 199 g/mol. The first-order chi connectivity index (χ1) is 6.37. The zero-order valence-electron chi connectivity index (χ0n) is 9.11. The molecule has 1 aromatic rings. The third-order valence-electron chi connectivity index (χ3n) is 1.64. The van der Waals surface area contributed by atoms with Crippen molar-refractivity contribution < 1.29 is 9.63 Å². The van der Waals surface area contributed by atoms with Crippen LogP contribution >= 0.6 is 0 Å². The number of nitrogens with zero attached hydrogens (tertiary/aromatic N) is 3. The summed E-state index contributed by atoms with van der Waals surface area (Å²) in [6.45, 7) is 6.45. The first kappa shape index (κ1) is 11.1. The third kappa shape index (κ3) is 3.85. The highest BCUT2D eigenvalue weighted by Gasteiger charge is 2.16. The van der Waals surface area contributed by atoms with Gasteiger partial charge in [-0.1, -0.05) is 5.16 Å². The van der Waals surface area contributed by atoms with Gasteiger partial charge in [0.2, 0.25) is 5.89 Å². The highest BCUT2D eigenvalue weighted by atomic mass is 16.5. The molecule has 0 aliphatic carbocycles. The Morgan fingerprint density at radius 3 is 2.57 bits per heavy atom. The van der Waals surface area contributed by atoms with E-state index in [-0.39, 0.29) is 0 Å². The molecule has 1 aromatic heterocycles. The van der Waals surface area contributed by atoms with Crippen LogP contribution in [0.3, 0.4) is 0 Å². The molecule has 0 amide bonds. The normalized spacial score (nSPS) is 12.4. The van der Waals surface area contributed by atoms with Gasteiger partial charge in [-0.2, -0.15) is 4.98 Å². The molecule has 0 saturated heterocycles. The molecule has 1 heterocycles. The second kappa shape index (κ2) is 4.06. The minimum Gasteiger partial charge on any atom is -0.389 e. The van der Waals surface area contributed by atoms with Crippen LogP contribution in [0.1, 0.15) is 25.6 Å². The van der Waals surface area contributed by atoms with E-state index in [4.69, 9.17) is 4.52 Å². The van der Waals surface area contributed by atoms with Gasteiger partial charge in [0.25, 0.3) is 0 Å². The molecule has 0 atom stereocenters. The summed E-state index contributed by atoms with van der Waals surface area (Å²) in [5.41, 5.74) is -0.701. The summed E-state index contributed by atoms with van der Waals surface area (Å²) in [6.07, 6.45) is 0. The smallest absolute Gasteiger partial charge is 0.223 e. The molecule has 5 heteroatoms. The summed E-state index contributed by atoms with van der Waals surface area (Å²) < 4.78 is 4.85. The molecule has 0 aromatic carbocycles. The number of likely N-dealkylation sites (N-methyl/N-ethyl adjacent to an activating group) is 1. The molecule has 80 valence electrons. The van der Waals surface area contributed by atoms with Crippen LogP contribution < -0.4 is 0 Å². The predicted molar refractivity (Wildman–Crippen MR) is 51.7 cm³/mol. The van der Waals surface area contributed by atoms with Crippen molar-refractivity contribution in [1.29, 1.82) is 0 Å². The fourth-order valence-corrected chi connectivity index (χ4v) is 1.36. The van der Waals surface area contributed by atoms with E-state index in [0.29, 0.717) is 24.8 Å². The Bertz CT molecular complexity index is 290. The zero-order chi connectivity index (χ0) is 10.8. The van der Waals surface area contributed by atoms with Crippen LogP contribution in [0.5, 0.6) is 0 Å². The fraction of sp³-hybridized carbons (Fsp3) is 0.778. The second-order valence-electron chi connectivity index (χ2n) is 4.21. The molecule has 0 bridgehead atoms. The molecule has 0 spiro atoms. The van der Waals surface area contributed by atoms with E-state index in [9.17, 15) is 5.11 Å². The number of aliphatic hydroxyl groups is 1. The average Bonchev–Trinajstić information content (AvgIpc) is 2.30. The van der Waals surface area contributed by atoms with E-state index in [2.05, 4.69) is 10.1 Å². The summed E-state index contributed by atoms with van der Waals surface area (Å²) in [6, 6.07) is 0. The van der Waals surface area contributed by atoms with Gasteiger partial charge in [-0.05, 0) is 20.9 Å². The van der Waals surface area contributed by atoms with E-state index >= 15 is 0 Å². The molecular formula is C9H17N3O2. The predicted octanol–water partition coefficient (Wildman–Crippen LogP) is 0.581. The van der Waals surface area contributed by atoms with Crippen molar-refractivity contribution in [3.63, 3.8) is 0 Å². The lowest BCUT2D eigenvalue weighted by Gasteiger charge is -2.24. The van der Waals surface area contributed by atoms with Crippen LogP contribution in [-0.4, -0.2) is 39.3 Å². The Kier molecular flexibility index (Phi) is 3.23. The van der Waals surface area contributed by atoms with Gasteiger partial charge >= 0.3 is 0 Å².